The van der Waals surface area contributed by atoms with Crippen LogP contribution >= 0.6 is 11.3 Å². The zero-order valence-corrected chi connectivity index (χ0v) is 8.72. The van der Waals surface area contributed by atoms with Crippen molar-refractivity contribution in [1.29, 1.82) is 0 Å². The summed E-state index contributed by atoms with van der Waals surface area (Å²) in [5, 5.41) is 12.4. The van der Waals surface area contributed by atoms with Gasteiger partial charge in [-0.15, -0.1) is 11.3 Å². The molecule has 0 aliphatic rings. The molecule has 0 amide bonds. The minimum Gasteiger partial charge on any atom is -0.507 e. The molecule has 3 nitrogen and oxygen atoms in total. The third-order valence-corrected chi connectivity index (χ3v) is 2.98. The van der Waals surface area contributed by atoms with Crippen molar-refractivity contribution in [1.82, 2.24) is 0 Å². The van der Waals surface area contributed by atoms with E-state index >= 15 is 0 Å². The van der Waals surface area contributed by atoms with E-state index in [2.05, 4.69) is 0 Å². The molecule has 1 aromatic carbocycles. The van der Waals surface area contributed by atoms with Gasteiger partial charge in [-0.3, -0.25) is 0 Å². The van der Waals surface area contributed by atoms with Crippen LogP contribution < -0.4 is 9.47 Å². The summed E-state index contributed by atoms with van der Waals surface area (Å²) >= 11 is 1.52. The molecule has 0 spiro atoms. The largest absolute Gasteiger partial charge is 0.507 e. The van der Waals surface area contributed by atoms with Gasteiger partial charge in [0.15, 0.2) is 11.5 Å². The Hall–Kier alpha value is -1.42. The van der Waals surface area contributed by atoms with Crippen LogP contribution in [0.25, 0.3) is 10.1 Å². The van der Waals surface area contributed by atoms with E-state index in [4.69, 9.17) is 9.47 Å². The molecule has 0 aliphatic heterocycles. The summed E-state index contributed by atoms with van der Waals surface area (Å²) in [7, 11) is 3.14. The molecule has 0 aliphatic carbocycles. The minimum atomic E-state index is 0.221. The highest BCUT2D eigenvalue weighted by Crippen LogP contribution is 2.43. The number of rotatable bonds is 2. The number of thiophene rings is 1. The van der Waals surface area contributed by atoms with Gasteiger partial charge in [-0.2, -0.15) is 0 Å². The Bertz CT molecular complexity index is 462. The number of phenols is 1. The molecular weight excluding hydrogens is 200 g/mol. The molecule has 0 fully saturated rings. The molecule has 0 saturated carbocycles. The average Bonchev–Trinajstić information content (AvgIpc) is 2.66. The molecule has 0 saturated heterocycles. The number of hydrogen-bond donors (Lipinski definition) is 1. The first-order chi connectivity index (χ1) is 6.77. The van der Waals surface area contributed by atoms with E-state index in [0.717, 1.165) is 10.1 Å². The molecular formula is C10H10O3S. The van der Waals surface area contributed by atoms with Crippen molar-refractivity contribution in [3.05, 3.63) is 17.5 Å². The highest BCUT2D eigenvalue weighted by Gasteiger charge is 2.13. The third-order valence-electron chi connectivity index (χ3n) is 2.06. The van der Waals surface area contributed by atoms with E-state index in [1.165, 1.54) is 11.3 Å². The van der Waals surface area contributed by atoms with Crippen molar-refractivity contribution in [2.75, 3.05) is 14.2 Å². The Balaban J connectivity index is 2.82. The van der Waals surface area contributed by atoms with Crippen molar-refractivity contribution in [3.63, 3.8) is 0 Å². The lowest BCUT2D eigenvalue weighted by atomic mass is 10.2. The number of benzene rings is 1. The lowest BCUT2D eigenvalue weighted by Gasteiger charge is -2.09. The maximum atomic E-state index is 9.66. The van der Waals surface area contributed by atoms with Gasteiger partial charge < -0.3 is 14.6 Å². The maximum absolute atomic E-state index is 9.66. The Labute approximate surface area is 85.5 Å². The maximum Gasteiger partial charge on any atom is 0.178 e. The monoisotopic (exact) mass is 210 g/mol. The highest BCUT2D eigenvalue weighted by molar-refractivity contribution is 7.17. The smallest absolute Gasteiger partial charge is 0.178 e. The summed E-state index contributed by atoms with van der Waals surface area (Å²) in [5.74, 6) is 1.45. The summed E-state index contributed by atoms with van der Waals surface area (Å²) in [6, 6.07) is 3.42. The van der Waals surface area contributed by atoms with E-state index < -0.39 is 0 Å². The van der Waals surface area contributed by atoms with Crippen LogP contribution in [0.5, 0.6) is 17.2 Å². The fraction of sp³-hybridized carbons (Fsp3) is 0.200. The minimum absolute atomic E-state index is 0.221. The van der Waals surface area contributed by atoms with Crippen molar-refractivity contribution in [2.24, 2.45) is 0 Å². The SMILES string of the molecule is COc1cc(O)c2ccsc2c1OC. The molecule has 4 heteroatoms. The molecule has 74 valence electrons. The van der Waals surface area contributed by atoms with Crippen LogP contribution in [0, 0.1) is 0 Å². The van der Waals surface area contributed by atoms with E-state index in [1.54, 1.807) is 20.3 Å². The highest BCUT2D eigenvalue weighted by atomic mass is 32.1. The van der Waals surface area contributed by atoms with E-state index in [0.29, 0.717) is 11.5 Å². The van der Waals surface area contributed by atoms with E-state index in [9.17, 15) is 5.11 Å². The first-order valence-corrected chi connectivity index (χ1v) is 4.97. The third kappa shape index (κ3) is 1.19. The lowest BCUT2D eigenvalue weighted by Crippen LogP contribution is -1.90. The summed E-state index contributed by atoms with van der Waals surface area (Å²) in [6.07, 6.45) is 0. The standard InChI is InChI=1S/C10H10O3S/c1-12-8-5-7(11)6-3-4-14-10(6)9(8)13-2/h3-5,11H,1-2H3. The number of ether oxygens (including phenoxy) is 2. The fourth-order valence-electron chi connectivity index (χ4n) is 1.41. The number of aromatic hydroxyl groups is 1. The molecule has 1 N–H and O–H groups in total. The van der Waals surface area contributed by atoms with Crippen molar-refractivity contribution >= 4 is 21.4 Å². The molecule has 0 radical (unpaired) electrons. The average molecular weight is 210 g/mol. The summed E-state index contributed by atoms with van der Waals surface area (Å²) < 4.78 is 11.3. The molecule has 1 aromatic heterocycles. The molecule has 14 heavy (non-hydrogen) atoms. The molecule has 0 unspecified atom stereocenters. The lowest BCUT2D eigenvalue weighted by molar-refractivity contribution is 0.356. The second-order valence-electron chi connectivity index (χ2n) is 2.79. The molecule has 1 heterocycles. The zero-order valence-electron chi connectivity index (χ0n) is 7.90. The number of phenolic OH excluding ortho intramolecular Hbond substituents is 1. The Morgan fingerprint density at radius 1 is 1.29 bits per heavy atom. The first-order valence-electron chi connectivity index (χ1n) is 4.09. The summed E-state index contributed by atoms with van der Waals surface area (Å²) in [5.41, 5.74) is 0. The predicted molar refractivity (Wildman–Crippen MR) is 56.6 cm³/mol. The first kappa shape index (κ1) is 9.15. The van der Waals surface area contributed by atoms with E-state index in [-0.39, 0.29) is 5.75 Å². The quantitative estimate of drug-likeness (QED) is 0.828. The predicted octanol–water partition coefficient (Wildman–Crippen LogP) is 2.62. The summed E-state index contributed by atoms with van der Waals surface area (Å²) in [4.78, 5) is 0. The summed E-state index contributed by atoms with van der Waals surface area (Å²) in [6.45, 7) is 0. The number of fused-ring (bicyclic) bond motifs is 1. The van der Waals surface area contributed by atoms with Crippen LogP contribution in [0.3, 0.4) is 0 Å². The van der Waals surface area contributed by atoms with Crippen LogP contribution in [0.15, 0.2) is 17.5 Å². The van der Waals surface area contributed by atoms with Crippen LogP contribution in [0.1, 0.15) is 0 Å². The van der Waals surface area contributed by atoms with Gasteiger partial charge in [-0.1, -0.05) is 0 Å². The number of methoxy groups -OCH3 is 2. The van der Waals surface area contributed by atoms with Gasteiger partial charge in [-0.25, -0.2) is 0 Å². The van der Waals surface area contributed by atoms with Gasteiger partial charge >= 0.3 is 0 Å². The Kier molecular flexibility index (Phi) is 2.21. The Morgan fingerprint density at radius 3 is 2.71 bits per heavy atom. The van der Waals surface area contributed by atoms with Crippen LogP contribution in [-0.2, 0) is 0 Å². The van der Waals surface area contributed by atoms with Crippen LogP contribution in [-0.4, -0.2) is 19.3 Å². The van der Waals surface area contributed by atoms with Gasteiger partial charge in [0.1, 0.15) is 5.75 Å². The topological polar surface area (TPSA) is 38.7 Å². The van der Waals surface area contributed by atoms with E-state index in [1.807, 2.05) is 11.4 Å². The van der Waals surface area contributed by atoms with Crippen molar-refractivity contribution in [2.45, 2.75) is 0 Å². The molecule has 0 bridgehead atoms. The van der Waals surface area contributed by atoms with Crippen molar-refractivity contribution < 1.29 is 14.6 Å². The number of hydrogen-bond acceptors (Lipinski definition) is 4. The van der Waals surface area contributed by atoms with Gasteiger partial charge in [0.05, 0.1) is 18.9 Å². The van der Waals surface area contributed by atoms with Gasteiger partial charge in [-0.05, 0) is 11.4 Å². The van der Waals surface area contributed by atoms with Crippen molar-refractivity contribution in [3.8, 4) is 17.2 Å². The molecule has 2 aromatic rings. The molecule has 0 atom stereocenters. The van der Waals surface area contributed by atoms with Gasteiger partial charge in [0.2, 0.25) is 0 Å². The second kappa shape index (κ2) is 3.38. The Morgan fingerprint density at radius 2 is 2.07 bits per heavy atom. The molecule has 2 rings (SSSR count). The van der Waals surface area contributed by atoms with Gasteiger partial charge in [0.25, 0.3) is 0 Å². The second-order valence-corrected chi connectivity index (χ2v) is 3.71. The zero-order chi connectivity index (χ0) is 10.1. The van der Waals surface area contributed by atoms with Crippen LogP contribution in [0.2, 0.25) is 0 Å². The normalized spacial score (nSPS) is 10.4. The van der Waals surface area contributed by atoms with Crippen LogP contribution in [0.4, 0.5) is 0 Å². The van der Waals surface area contributed by atoms with Gasteiger partial charge in [0, 0.05) is 11.5 Å². The fourth-order valence-corrected chi connectivity index (χ4v) is 2.34.